The third kappa shape index (κ3) is 6.11. The zero-order chi connectivity index (χ0) is 18.8. The van der Waals surface area contributed by atoms with E-state index < -0.39 is 0 Å². The maximum Gasteiger partial charge on any atom is 0.277 e. The molecule has 0 saturated carbocycles. The summed E-state index contributed by atoms with van der Waals surface area (Å²) < 4.78 is 5.33. The van der Waals surface area contributed by atoms with Gasteiger partial charge in [0.2, 0.25) is 0 Å². The van der Waals surface area contributed by atoms with Gasteiger partial charge in [0, 0.05) is 19.3 Å². The molecule has 0 aliphatic rings. The second-order valence-corrected chi connectivity index (χ2v) is 5.84. The van der Waals surface area contributed by atoms with Crippen molar-refractivity contribution in [2.24, 2.45) is 5.10 Å². The summed E-state index contributed by atoms with van der Waals surface area (Å²) in [5, 5.41) is 13.0. The van der Waals surface area contributed by atoms with Crippen LogP contribution in [-0.4, -0.2) is 32.3 Å². The Balaban J connectivity index is 1.79. The van der Waals surface area contributed by atoms with Gasteiger partial charge in [-0.1, -0.05) is 35.9 Å². The van der Waals surface area contributed by atoms with Gasteiger partial charge in [0.25, 0.3) is 5.91 Å². The Morgan fingerprint density at radius 1 is 1.31 bits per heavy atom. The number of amides is 1. The highest BCUT2D eigenvalue weighted by molar-refractivity contribution is 6.32. The van der Waals surface area contributed by atoms with Gasteiger partial charge in [-0.15, -0.1) is 0 Å². The monoisotopic (exact) mass is 370 g/mol. The van der Waals surface area contributed by atoms with Crippen LogP contribution in [0.3, 0.4) is 0 Å². The molecule has 6 nitrogen and oxygen atoms in total. The van der Waals surface area contributed by atoms with E-state index >= 15 is 0 Å². The summed E-state index contributed by atoms with van der Waals surface area (Å²) in [6.07, 6.45) is 2.02. The van der Waals surface area contributed by atoms with E-state index in [1.807, 2.05) is 36.2 Å². The third-order valence-electron chi connectivity index (χ3n) is 3.49. The number of rotatable bonds is 8. The molecular formula is C19H19ClN4O2. The molecule has 26 heavy (non-hydrogen) atoms. The van der Waals surface area contributed by atoms with Crippen molar-refractivity contribution in [1.82, 2.24) is 5.43 Å². The fraction of sp³-hybridized carbons (Fsp3) is 0.211. The number of nitrogens with zero attached hydrogens (tertiary/aromatic N) is 3. The molecule has 0 heterocycles. The molecule has 0 saturated heterocycles. The van der Waals surface area contributed by atoms with E-state index in [4.69, 9.17) is 21.6 Å². The molecule has 0 atom stereocenters. The predicted molar refractivity (Wildman–Crippen MR) is 103 cm³/mol. The Morgan fingerprint density at radius 2 is 2.04 bits per heavy atom. The van der Waals surface area contributed by atoms with E-state index in [9.17, 15) is 4.79 Å². The Morgan fingerprint density at radius 3 is 2.73 bits per heavy atom. The summed E-state index contributed by atoms with van der Waals surface area (Å²) in [5.74, 6) is 0.0680. The van der Waals surface area contributed by atoms with Gasteiger partial charge in [0.05, 0.1) is 23.7 Å². The first-order chi connectivity index (χ1) is 12.6. The minimum absolute atomic E-state index is 0.177. The van der Waals surface area contributed by atoms with E-state index in [-0.39, 0.29) is 12.5 Å². The lowest BCUT2D eigenvalue weighted by Gasteiger charge is -2.17. The van der Waals surface area contributed by atoms with E-state index in [1.165, 1.54) is 0 Å². The second-order valence-electron chi connectivity index (χ2n) is 5.43. The van der Waals surface area contributed by atoms with Crippen molar-refractivity contribution in [2.75, 3.05) is 25.1 Å². The first-order valence-electron chi connectivity index (χ1n) is 7.97. The standard InChI is InChI=1S/C19H19ClN4O2/c1-24(12-4-11-21)16-9-7-15(8-10-16)13-22-23-19(25)14-26-18-6-3-2-5-17(18)20/h2-3,5-10,13H,4,12,14H2,1H3,(H,23,25)/b22-13-. The number of nitrogens with one attached hydrogen (secondary N) is 1. The van der Waals surface area contributed by atoms with Crippen molar-refractivity contribution in [1.29, 1.82) is 5.26 Å². The Labute approximate surface area is 157 Å². The fourth-order valence-electron chi connectivity index (χ4n) is 2.08. The highest BCUT2D eigenvalue weighted by atomic mass is 35.5. The quantitative estimate of drug-likeness (QED) is 0.571. The zero-order valence-corrected chi connectivity index (χ0v) is 15.1. The Kier molecular flexibility index (Phi) is 7.47. The number of para-hydroxylation sites is 1. The van der Waals surface area contributed by atoms with Crippen LogP contribution in [0.2, 0.25) is 5.02 Å². The molecule has 1 N–H and O–H groups in total. The number of benzene rings is 2. The summed E-state index contributed by atoms with van der Waals surface area (Å²) in [6, 6.07) is 16.7. The van der Waals surface area contributed by atoms with Gasteiger partial charge in [-0.05, 0) is 29.8 Å². The molecule has 134 valence electrons. The van der Waals surface area contributed by atoms with Crippen LogP contribution in [0.1, 0.15) is 12.0 Å². The minimum Gasteiger partial charge on any atom is -0.482 e. The largest absolute Gasteiger partial charge is 0.482 e. The van der Waals surface area contributed by atoms with Crippen molar-refractivity contribution in [3.63, 3.8) is 0 Å². The summed E-state index contributed by atoms with van der Waals surface area (Å²) in [5.41, 5.74) is 4.25. The van der Waals surface area contributed by atoms with E-state index in [1.54, 1.807) is 30.5 Å². The molecule has 0 aliphatic heterocycles. The maximum absolute atomic E-state index is 11.7. The van der Waals surface area contributed by atoms with Crippen LogP contribution in [-0.2, 0) is 4.79 Å². The Hall–Kier alpha value is -3.04. The number of anilines is 1. The lowest BCUT2D eigenvalue weighted by molar-refractivity contribution is -0.123. The van der Waals surface area contributed by atoms with Crippen LogP contribution >= 0.6 is 11.6 Å². The van der Waals surface area contributed by atoms with Gasteiger partial charge in [-0.2, -0.15) is 10.4 Å². The number of ether oxygens (including phenoxy) is 1. The molecule has 0 aromatic heterocycles. The normalized spacial score (nSPS) is 10.3. The maximum atomic E-state index is 11.7. The predicted octanol–water partition coefficient (Wildman–Crippen LogP) is 3.22. The van der Waals surface area contributed by atoms with Gasteiger partial charge in [0.1, 0.15) is 5.75 Å². The SMILES string of the molecule is CN(CCC#N)c1ccc(/C=N\NC(=O)COc2ccccc2Cl)cc1. The highest BCUT2D eigenvalue weighted by Gasteiger charge is 2.04. The van der Waals surface area contributed by atoms with Gasteiger partial charge in [-0.3, -0.25) is 4.79 Å². The average Bonchev–Trinajstić information content (AvgIpc) is 2.66. The number of halogens is 1. The zero-order valence-electron chi connectivity index (χ0n) is 14.4. The first-order valence-corrected chi connectivity index (χ1v) is 8.35. The third-order valence-corrected chi connectivity index (χ3v) is 3.80. The number of carbonyl (C=O) groups is 1. The Bertz CT molecular complexity index is 800. The smallest absolute Gasteiger partial charge is 0.277 e. The molecule has 0 radical (unpaired) electrons. The van der Waals surface area contributed by atoms with Crippen LogP contribution in [0.5, 0.6) is 5.75 Å². The minimum atomic E-state index is -0.381. The fourth-order valence-corrected chi connectivity index (χ4v) is 2.27. The average molecular weight is 371 g/mol. The van der Waals surface area contributed by atoms with E-state index in [0.29, 0.717) is 23.7 Å². The molecular weight excluding hydrogens is 352 g/mol. The topological polar surface area (TPSA) is 77.7 Å². The van der Waals surface area contributed by atoms with Gasteiger partial charge >= 0.3 is 0 Å². The van der Waals surface area contributed by atoms with Gasteiger partial charge in [-0.25, -0.2) is 5.43 Å². The molecule has 2 aromatic rings. The summed E-state index contributed by atoms with van der Waals surface area (Å²) in [4.78, 5) is 13.7. The van der Waals surface area contributed by atoms with Crippen LogP contribution in [0.4, 0.5) is 5.69 Å². The van der Waals surface area contributed by atoms with Crippen molar-refractivity contribution in [3.8, 4) is 11.8 Å². The molecule has 2 rings (SSSR count). The molecule has 0 aliphatic carbocycles. The number of carbonyl (C=O) groups excluding carboxylic acids is 1. The van der Waals surface area contributed by atoms with Gasteiger partial charge in [0.15, 0.2) is 6.61 Å². The number of hydrazone groups is 1. The number of nitriles is 1. The van der Waals surface area contributed by atoms with Crippen molar-refractivity contribution in [3.05, 3.63) is 59.1 Å². The van der Waals surface area contributed by atoms with Crippen LogP contribution in [0.15, 0.2) is 53.6 Å². The number of hydrogen-bond donors (Lipinski definition) is 1. The molecule has 7 heteroatoms. The molecule has 2 aromatic carbocycles. The first kappa shape index (κ1) is 19.3. The van der Waals surface area contributed by atoms with Gasteiger partial charge < -0.3 is 9.64 Å². The molecule has 0 bridgehead atoms. The highest BCUT2D eigenvalue weighted by Crippen LogP contribution is 2.22. The molecule has 1 amide bonds. The number of hydrogen-bond acceptors (Lipinski definition) is 5. The van der Waals surface area contributed by atoms with Crippen molar-refractivity contribution >= 4 is 29.4 Å². The van der Waals surface area contributed by atoms with Crippen LogP contribution < -0.4 is 15.1 Å². The molecule has 0 spiro atoms. The second kappa shape index (κ2) is 10.1. The summed E-state index contributed by atoms with van der Waals surface area (Å²) in [6.45, 7) is 0.495. The van der Waals surface area contributed by atoms with Crippen LogP contribution in [0.25, 0.3) is 0 Å². The molecule has 0 fully saturated rings. The van der Waals surface area contributed by atoms with E-state index in [0.717, 1.165) is 11.3 Å². The van der Waals surface area contributed by atoms with Crippen molar-refractivity contribution < 1.29 is 9.53 Å². The summed E-state index contributed by atoms with van der Waals surface area (Å²) >= 11 is 5.95. The van der Waals surface area contributed by atoms with E-state index in [2.05, 4.69) is 16.6 Å². The van der Waals surface area contributed by atoms with Crippen LogP contribution in [0, 0.1) is 11.3 Å². The lowest BCUT2D eigenvalue weighted by Crippen LogP contribution is -2.24. The van der Waals surface area contributed by atoms with Crippen molar-refractivity contribution in [2.45, 2.75) is 6.42 Å². The summed E-state index contributed by atoms with van der Waals surface area (Å²) in [7, 11) is 1.93. The molecule has 0 unspecified atom stereocenters. The lowest BCUT2D eigenvalue weighted by atomic mass is 10.2.